The van der Waals surface area contributed by atoms with Crippen LogP contribution in [0.5, 0.6) is 11.5 Å². The molecule has 0 radical (unpaired) electrons. The molecule has 0 atom stereocenters. The van der Waals surface area contributed by atoms with Crippen LogP contribution in [0.2, 0.25) is 5.02 Å². The number of ether oxygens (including phenoxy) is 2. The van der Waals surface area contributed by atoms with Crippen molar-refractivity contribution in [3.8, 4) is 11.5 Å². The maximum atomic E-state index is 12.5. The van der Waals surface area contributed by atoms with Crippen molar-refractivity contribution in [3.05, 3.63) is 111 Å². The second kappa shape index (κ2) is 12.1. The van der Waals surface area contributed by atoms with Gasteiger partial charge in [-0.1, -0.05) is 29.8 Å². The molecular formula is C28H24ClN3O6. The van der Waals surface area contributed by atoms with Crippen molar-refractivity contribution in [2.75, 3.05) is 6.61 Å². The lowest BCUT2D eigenvalue weighted by molar-refractivity contribution is -0.384. The Bertz CT molecular complexity index is 1510. The van der Waals surface area contributed by atoms with Gasteiger partial charge in [0.25, 0.3) is 5.69 Å². The van der Waals surface area contributed by atoms with E-state index in [1.807, 2.05) is 25.1 Å². The highest BCUT2D eigenvalue weighted by atomic mass is 35.5. The molecule has 1 aromatic heterocycles. The predicted octanol–water partition coefficient (Wildman–Crippen LogP) is 6.46. The van der Waals surface area contributed by atoms with Gasteiger partial charge in [-0.2, -0.15) is 5.10 Å². The van der Waals surface area contributed by atoms with E-state index in [-0.39, 0.29) is 11.4 Å². The van der Waals surface area contributed by atoms with E-state index < -0.39 is 10.8 Å². The van der Waals surface area contributed by atoms with Gasteiger partial charge in [0.1, 0.15) is 12.2 Å². The summed E-state index contributed by atoms with van der Waals surface area (Å²) in [6, 6.07) is 16.5. The van der Waals surface area contributed by atoms with Crippen molar-refractivity contribution in [2.45, 2.75) is 20.0 Å². The average molecular weight is 534 g/mol. The number of carbonyl (C=O) groups is 1. The van der Waals surface area contributed by atoms with Crippen LogP contribution in [0.3, 0.4) is 0 Å². The minimum atomic E-state index is -0.598. The average Bonchev–Trinajstić information content (AvgIpc) is 3.33. The zero-order valence-electron chi connectivity index (χ0n) is 20.5. The lowest BCUT2D eigenvalue weighted by Crippen LogP contribution is -2.16. The molecule has 3 aromatic carbocycles. The molecule has 0 saturated heterocycles. The molecule has 0 spiro atoms. The van der Waals surface area contributed by atoms with Gasteiger partial charge in [0.15, 0.2) is 17.3 Å². The number of hydrogen-bond acceptors (Lipinski definition) is 7. The Morgan fingerprint density at radius 2 is 1.95 bits per heavy atom. The van der Waals surface area contributed by atoms with E-state index in [1.165, 1.54) is 30.5 Å². The van der Waals surface area contributed by atoms with Crippen LogP contribution in [-0.2, 0) is 13.0 Å². The van der Waals surface area contributed by atoms with E-state index in [4.69, 9.17) is 25.5 Å². The van der Waals surface area contributed by atoms with Crippen LogP contribution in [0, 0.1) is 10.1 Å². The van der Waals surface area contributed by atoms with Crippen LogP contribution < -0.4 is 14.9 Å². The summed E-state index contributed by atoms with van der Waals surface area (Å²) in [6.07, 6.45) is 3.76. The predicted molar refractivity (Wildman–Crippen MR) is 145 cm³/mol. The number of nitro benzene ring substituents is 1. The molecule has 9 nitrogen and oxygen atoms in total. The van der Waals surface area contributed by atoms with Gasteiger partial charge in [0.2, 0.25) is 0 Å². The Balaban J connectivity index is 1.51. The van der Waals surface area contributed by atoms with E-state index >= 15 is 0 Å². The van der Waals surface area contributed by atoms with Crippen LogP contribution in [0.15, 0.2) is 82.8 Å². The number of furan rings is 1. The zero-order valence-corrected chi connectivity index (χ0v) is 21.2. The summed E-state index contributed by atoms with van der Waals surface area (Å²) in [5, 5.41) is 16.1. The first-order chi connectivity index (χ1) is 18.4. The number of nitrogens with one attached hydrogen (secondary N) is 1. The second-order valence-electron chi connectivity index (χ2n) is 8.14. The van der Waals surface area contributed by atoms with Gasteiger partial charge < -0.3 is 13.9 Å². The molecule has 4 rings (SSSR count). The topological polar surface area (TPSA) is 116 Å². The summed E-state index contributed by atoms with van der Waals surface area (Å²) in [4.78, 5) is 23.0. The summed E-state index contributed by atoms with van der Waals surface area (Å²) in [7, 11) is 0. The summed E-state index contributed by atoms with van der Waals surface area (Å²) >= 11 is 5.97. The molecular weight excluding hydrogens is 510 g/mol. The number of hydrogen-bond donors (Lipinski definition) is 1. The first-order valence-electron chi connectivity index (χ1n) is 11.7. The third-order valence-corrected chi connectivity index (χ3v) is 5.68. The van der Waals surface area contributed by atoms with Gasteiger partial charge in [-0.3, -0.25) is 14.9 Å². The number of nitrogens with zero attached hydrogens (tertiary/aromatic N) is 2. The third kappa shape index (κ3) is 6.37. The van der Waals surface area contributed by atoms with Crippen molar-refractivity contribution in [1.82, 2.24) is 5.43 Å². The van der Waals surface area contributed by atoms with E-state index in [1.54, 1.807) is 24.3 Å². The fourth-order valence-electron chi connectivity index (χ4n) is 3.70. The van der Waals surface area contributed by atoms with Crippen molar-refractivity contribution in [3.63, 3.8) is 0 Å². The first-order valence-corrected chi connectivity index (χ1v) is 12.0. The number of hydrazone groups is 1. The fraction of sp³-hybridized carbons (Fsp3) is 0.143. The van der Waals surface area contributed by atoms with E-state index in [2.05, 4.69) is 17.1 Å². The number of fused-ring (bicyclic) bond motifs is 1. The van der Waals surface area contributed by atoms with Crippen molar-refractivity contribution >= 4 is 40.4 Å². The zero-order chi connectivity index (χ0) is 27.1. The summed E-state index contributed by atoms with van der Waals surface area (Å²) in [5.41, 5.74) is 5.14. The van der Waals surface area contributed by atoms with Crippen LogP contribution in [-0.4, -0.2) is 23.7 Å². The van der Waals surface area contributed by atoms with Gasteiger partial charge in [-0.15, -0.1) is 6.58 Å². The lowest BCUT2D eigenvalue weighted by Gasteiger charge is -2.17. The highest BCUT2D eigenvalue weighted by Gasteiger charge is 2.16. The van der Waals surface area contributed by atoms with Gasteiger partial charge in [0, 0.05) is 28.1 Å². The summed E-state index contributed by atoms with van der Waals surface area (Å²) in [6.45, 7) is 6.45. The number of allylic oxidation sites excluding steroid dienone is 1. The number of non-ortho nitro benzene ring substituents is 1. The molecule has 0 aliphatic heterocycles. The number of halogens is 1. The molecule has 1 N–H and O–H groups in total. The fourth-order valence-corrected chi connectivity index (χ4v) is 3.83. The van der Waals surface area contributed by atoms with Crippen LogP contribution in [0.25, 0.3) is 11.0 Å². The number of nitro groups is 1. The van der Waals surface area contributed by atoms with E-state index in [0.29, 0.717) is 52.7 Å². The van der Waals surface area contributed by atoms with E-state index in [9.17, 15) is 14.9 Å². The number of carbonyl (C=O) groups excluding carboxylic acids is 1. The highest BCUT2D eigenvalue weighted by Crippen LogP contribution is 2.34. The number of benzene rings is 3. The van der Waals surface area contributed by atoms with E-state index in [0.717, 1.165) is 11.1 Å². The van der Waals surface area contributed by atoms with Crippen LogP contribution >= 0.6 is 11.6 Å². The Hall–Kier alpha value is -4.63. The third-order valence-electron chi connectivity index (χ3n) is 5.43. The first kappa shape index (κ1) is 26.4. The molecule has 0 saturated carbocycles. The van der Waals surface area contributed by atoms with Gasteiger partial charge in [-0.05, 0) is 60.9 Å². The smallest absolute Gasteiger partial charge is 0.307 e. The minimum Gasteiger partial charge on any atom is -0.490 e. The molecule has 10 heteroatoms. The van der Waals surface area contributed by atoms with Crippen molar-refractivity contribution in [2.24, 2.45) is 5.10 Å². The molecule has 0 unspecified atom stereocenters. The molecule has 194 valence electrons. The Morgan fingerprint density at radius 3 is 2.66 bits per heavy atom. The van der Waals surface area contributed by atoms with Crippen LogP contribution in [0.1, 0.15) is 34.2 Å². The molecule has 0 bridgehead atoms. The molecule has 0 fully saturated rings. The molecule has 1 amide bonds. The maximum absolute atomic E-state index is 12.5. The van der Waals surface area contributed by atoms with Gasteiger partial charge in [0.05, 0.1) is 17.7 Å². The summed E-state index contributed by atoms with van der Waals surface area (Å²) < 4.78 is 17.5. The summed E-state index contributed by atoms with van der Waals surface area (Å²) in [5.74, 6) is 0.511. The van der Waals surface area contributed by atoms with Crippen molar-refractivity contribution in [1.29, 1.82) is 0 Å². The number of amides is 1. The Labute approximate surface area is 223 Å². The van der Waals surface area contributed by atoms with Crippen LogP contribution in [0.4, 0.5) is 5.69 Å². The highest BCUT2D eigenvalue weighted by molar-refractivity contribution is 6.30. The SMILES string of the molecule is C=CCc1cc(/C=N/NC(=O)c2cc3cc([N+](=O)[O-])ccc3o2)cc(OCC)c1OCc1ccc(Cl)cc1. The molecule has 4 aromatic rings. The monoisotopic (exact) mass is 533 g/mol. The minimum absolute atomic E-state index is 0.0223. The second-order valence-corrected chi connectivity index (χ2v) is 8.57. The largest absolute Gasteiger partial charge is 0.490 e. The molecule has 1 heterocycles. The Kier molecular flexibility index (Phi) is 8.40. The molecule has 0 aliphatic rings. The number of rotatable bonds is 11. The van der Waals surface area contributed by atoms with Gasteiger partial charge in [-0.25, -0.2) is 5.43 Å². The van der Waals surface area contributed by atoms with Crippen molar-refractivity contribution < 1.29 is 23.6 Å². The lowest BCUT2D eigenvalue weighted by atomic mass is 10.1. The normalized spacial score (nSPS) is 11.0. The quantitative estimate of drug-likeness (QED) is 0.102. The Morgan fingerprint density at radius 1 is 1.16 bits per heavy atom. The maximum Gasteiger partial charge on any atom is 0.307 e. The van der Waals surface area contributed by atoms with Gasteiger partial charge >= 0.3 is 5.91 Å². The molecule has 0 aliphatic carbocycles. The molecule has 38 heavy (non-hydrogen) atoms. The standard InChI is InChI=1S/C28H24ClN3O6/c1-3-5-20-12-19(13-25(36-4-2)27(20)37-17-18-6-8-22(29)9-7-18)16-30-31-28(33)26-15-21-14-23(32(34)35)10-11-24(21)38-26/h3,6-16H,1,4-5,17H2,2H3,(H,31,33)/b30-16+.